The van der Waals surface area contributed by atoms with Gasteiger partial charge >= 0.3 is 0 Å². The second kappa shape index (κ2) is 7.81. The zero-order valence-corrected chi connectivity index (χ0v) is 14.4. The molecule has 0 spiro atoms. The molecule has 1 atom stereocenters. The van der Waals surface area contributed by atoms with Crippen LogP contribution in [0.5, 0.6) is 0 Å². The van der Waals surface area contributed by atoms with Gasteiger partial charge in [0.25, 0.3) is 0 Å². The van der Waals surface area contributed by atoms with Gasteiger partial charge in [-0.05, 0) is 74.5 Å². The van der Waals surface area contributed by atoms with Crippen molar-refractivity contribution in [3.8, 4) is 0 Å². The van der Waals surface area contributed by atoms with Crippen LogP contribution < -0.4 is 10.6 Å². The highest BCUT2D eigenvalue weighted by Gasteiger charge is 2.25. The Morgan fingerprint density at radius 3 is 2.61 bits per heavy atom. The van der Waals surface area contributed by atoms with Gasteiger partial charge in [0.05, 0.1) is 12.3 Å². The molecule has 1 aromatic heterocycles. The summed E-state index contributed by atoms with van der Waals surface area (Å²) in [6.45, 7) is 2.92. The molecule has 2 aromatic rings. The van der Waals surface area contributed by atoms with Crippen LogP contribution in [0.1, 0.15) is 24.6 Å². The first-order valence-electron chi connectivity index (χ1n) is 7.80. The monoisotopic (exact) mass is 349 g/mol. The van der Waals surface area contributed by atoms with E-state index in [9.17, 15) is 0 Å². The zero-order valence-electron chi connectivity index (χ0n) is 12.8. The normalized spacial score (nSPS) is 16.2. The average molecular weight is 350 g/mol. The van der Waals surface area contributed by atoms with Crippen molar-refractivity contribution in [3.63, 3.8) is 0 Å². The maximum absolute atomic E-state index is 5.89. The zero-order chi connectivity index (χ0) is 16.1. The minimum absolute atomic E-state index is 0.206. The molecule has 122 valence electrons. The number of nitrogens with one attached hydrogen (secondary N) is 2. The number of halogens is 1. The Morgan fingerprint density at radius 2 is 1.96 bits per heavy atom. The highest BCUT2D eigenvalue weighted by atomic mass is 35.5. The number of benzene rings is 1. The fourth-order valence-corrected chi connectivity index (χ4v) is 3.17. The fraction of sp³-hybridized carbons (Fsp3) is 0.353. The number of anilines is 1. The topological polar surface area (TPSA) is 40.4 Å². The van der Waals surface area contributed by atoms with Gasteiger partial charge in [0.2, 0.25) is 0 Å². The molecule has 23 heavy (non-hydrogen) atoms. The van der Waals surface area contributed by atoms with E-state index in [1.807, 2.05) is 36.4 Å². The molecular formula is C17H20ClN3OS. The van der Waals surface area contributed by atoms with E-state index < -0.39 is 0 Å². The molecule has 0 amide bonds. The summed E-state index contributed by atoms with van der Waals surface area (Å²) in [5.74, 6) is 0.980. The van der Waals surface area contributed by atoms with Crippen molar-refractivity contribution in [2.24, 2.45) is 0 Å². The van der Waals surface area contributed by atoms with Crippen molar-refractivity contribution in [1.29, 1.82) is 0 Å². The number of thiocarbonyl (C=S) groups is 1. The molecule has 0 bridgehead atoms. The summed E-state index contributed by atoms with van der Waals surface area (Å²) in [6.07, 6.45) is 4.21. The van der Waals surface area contributed by atoms with E-state index >= 15 is 0 Å². The minimum atomic E-state index is 0.206. The van der Waals surface area contributed by atoms with Gasteiger partial charge in [-0.25, -0.2) is 0 Å². The van der Waals surface area contributed by atoms with Crippen LogP contribution >= 0.6 is 23.8 Å². The lowest BCUT2D eigenvalue weighted by atomic mass is 10.2. The predicted octanol–water partition coefficient (Wildman–Crippen LogP) is 4.06. The Kier molecular flexibility index (Phi) is 5.54. The maximum atomic E-state index is 5.89. The lowest BCUT2D eigenvalue weighted by Crippen LogP contribution is -2.38. The summed E-state index contributed by atoms with van der Waals surface area (Å²) >= 11 is 11.3. The van der Waals surface area contributed by atoms with Crippen LogP contribution in [-0.4, -0.2) is 29.6 Å². The Morgan fingerprint density at radius 1 is 1.22 bits per heavy atom. The first kappa shape index (κ1) is 16.3. The molecule has 0 saturated carbocycles. The molecule has 0 aliphatic carbocycles. The first-order valence-corrected chi connectivity index (χ1v) is 8.59. The third-order valence-electron chi connectivity index (χ3n) is 4.01. The highest BCUT2D eigenvalue weighted by Crippen LogP contribution is 2.24. The van der Waals surface area contributed by atoms with Gasteiger partial charge < -0.3 is 15.1 Å². The summed E-state index contributed by atoms with van der Waals surface area (Å²) in [7, 11) is 0. The minimum Gasteiger partial charge on any atom is -0.468 e. The van der Waals surface area contributed by atoms with Gasteiger partial charge in [-0.1, -0.05) is 11.6 Å². The Hall–Kier alpha value is -1.56. The number of rotatable bonds is 5. The van der Waals surface area contributed by atoms with Crippen LogP contribution in [0.15, 0.2) is 47.1 Å². The Labute approximate surface area is 146 Å². The van der Waals surface area contributed by atoms with Crippen molar-refractivity contribution >= 4 is 34.6 Å². The summed E-state index contributed by atoms with van der Waals surface area (Å²) in [6, 6.07) is 11.6. The van der Waals surface area contributed by atoms with E-state index in [4.69, 9.17) is 28.2 Å². The third kappa shape index (κ3) is 4.47. The molecule has 1 aliphatic heterocycles. The standard InChI is InChI=1S/C17H20ClN3OS/c18-13-5-7-14(8-6-13)20-17(23)19-12-15(16-4-3-11-22-16)21-9-1-2-10-21/h3-8,11,15H,1-2,9-10,12H2,(H2,19,20,23). The molecule has 2 heterocycles. The molecule has 2 N–H and O–H groups in total. The van der Waals surface area contributed by atoms with E-state index in [2.05, 4.69) is 15.5 Å². The van der Waals surface area contributed by atoms with Gasteiger partial charge in [-0.3, -0.25) is 4.90 Å². The van der Waals surface area contributed by atoms with Crippen molar-refractivity contribution < 1.29 is 4.42 Å². The van der Waals surface area contributed by atoms with Gasteiger partial charge in [-0.15, -0.1) is 0 Å². The third-order valence-corrected chi connectivity index (χ3v) is 4.51. The first-order chi connectivity index (χ1) is 11.2. The van der Waals surface area contributed by atoms with Crippen LogP contribution in [0.3, 0.4) is 0 Å². The maximum Gasteiger partial charge on any atom is 0.170 e. The SMILES string of the molecule is S=C(NCC(c1ccco1)N1CCCC1)Nc1ccc(Cl)cc1. The van der Waals surface area contributed by atoms with Crippen molar-refractivity contribution in [2.45, 2.75) is 18.9 Å². The number of hydrogen-bond donors (Lipinski definition) is 2. The molecule has 6 heteroatoms. The second-order valence-electron chi connectivity index (χ2n) is 5.62. The van der Waals surface area contributed by atoms with E-state index in [0.29, 0.717) is 16.7 Å². The molecule has 1 fully saturated rings. The summed E-state index contributed by atoms with van der Waals surface area (Å²) in [5, 5.41) is 7.78. The van der Waals surface area contributed by atoms with Gasteiger partial charge in [0, 0.05) is 17.3 Å². The number of likely N-dealkylation sites (tertiary alicyclic amines) is 1. The van der Waals surface area contributed by atoms with E-state index in [1.165, 1.54) is 12.8 Å². The molecule has 1 saturated heterocycles. The van der Waals surface area contributed by atoms with Crippen molar-refractivity contribution in [2.75, 3.05) is 25.0 Å². The highest BCUT2D eigenvalue weighted by molar-refractivity contribution is 7.80. The van der Waals surface area contributed by atoms with Crippen LogP contribution in [0.4, 0.5) is 5.69 Å². The molecule has 1 aliphatic rings. The van der Waals surface area contributed by atoms with E-state index in [1.54, 1.807) is 6.26 Å². The molecule has 1 unspecified atom stereocenters. The molecule has 4 nitrogen and oxygen atoms in total. The Bertz CT molecular complexity index is 624. The summed E-state index contributed by atoms with van der Waals surface area (Å²) in [5.41, 5.74) is 0.919. The summed E-state index contributed by atoms with van der Waals surface area (Å²) in [4.78, 5) is 2.44. The van der Waals surface area contributed by atoms with Crippen LogP contribution in [0.25, 0.3) is 0 Å². The number of hydrogen-bond acceptors (Lipinski definition) is 3. The predicted molar refractivity (Wildman–Crippen MR) is 97.9 cm³/mol. The lowest BCUT2D eigenvalue weighted by Gasteiger charge is -2.26. The van der Waals surface area contributed by atoms with Crippen molar-refractivity contribution in [1.82, 2.24) is 10.2 Å². The molecule has 1 aromatic carbocycles. The van der Waals surface area contributed by atoms with E-state index in [-0.39, 0.29) is 6.04 Å². The number of nitrogens with zero attached hydrogens (tertiary/aromatic N) is 1. The molecule has 0 radical (unpaired) electrons. The smallest absolute Gasteiger partial charge is 0.170 e. The number of furan rings is 1. The fourth-order valence-electron chi connectivity index (χ4n) is 2.84. The quantitative estimate of drug-likeness (QED) is 0.797. The van der Waals surface area contributed by atoms with Crippen molar-refractivity contribution in [3.05, 3.63) is 53.4 Å². The van der Waals surface area contributed by atoms with Gasteiger partial charge in [0.1, 0.15) is 5.76 Å². The lowest BCUT2D eigenvalue weighted by molar-refractivity contribution is 0.216. The van der Waals surface area contributed by atoms with Crippen LogP contribution in [-0.2, 0) is 0 Å². The Balaban J connectivity index is 1.57. The molecule has 3 rings (SSSR count). The second-order valence-corrected chi connectivity index (χ2v) is 6.46. The largest absolute Gasteiger partial charge is 0.468 e. The average Bonchev–Trinajstić information content (AvgIpc) is 3.24. The van der Waals surface area contributed by atoms with Gasteiger partial charge in [0.15, 0.2) is 5.11 Å². The molecular weight excluding hydrogens is 330 g/mol. The summed E-state index contributed by atoms with van der Waals surface area (Å²) < 4.78 is 5.61. The van der Waals surface area contributed by atoms with Gasteiger partial charge in [-0.2, -0.15) is 0 Å². The van der Waals surface area contributed by atoms with E-state index in [0.717, 1.165) is 24.5 Å². The van der Waals surface area contributed by atoms with Crippen LogP contribution in [0.2, 0.25) is 5.02 Å². The van der Waals surface area contributed by atoms with Crippen LogP contribution in [0, 0.1) is 0 Å².